The van der Waals surface area contributed by atoms with E-state index in [1.54, 1.807) is 17.0 Å². The van der Waals surface area contributed by atoms with Crippen molar-refractivity contribution in [3.05, 3.63) is 58.4 Å². The second-order valence-corrected chi connectivity index (χ2v) is 7.14. The molecule has 0 atom stereocenters. The highest BCUT2D eigenvalue weighted by Gasteiger charge is 2.23. The van der Waals surface area contributed by atoms with Crippen LogP contribution in [0.25, 0.3) is 0 Å². The smallest absolute Gasteiger partial charge is 0.254 e. The van der Waals surface area contributed by atoms with Gasteiger partial charge < -0.3 is 10.2 Å². The minimum absolute atomic E-state index is 0.0342. The van der Waals surface area contributed by atoms with Crippen molar-refractivity contribution in [3.63, 3.8) is 0 Å². The van der Waals surface area contributed by atoms with E-state index in [2.05, 4.69) is 15.2 Å². The van der Waals surface area contributed by atoms with E-state index in [-0.39, 0.29) is 11.8 Å². The standard InChI is InChI=1S/C20H23ClN4O2/c1-14-4-3-5-15(2)19(14)23-18(26)13-24-8-10-25(11-9-24)20(27)16-6-7-22-17(21)12-16/h3-7,12H,8-11,13H2,1-2H3,(H,23,26). The number of para-hydroxylation sites is 1. The molecule has 0 radical (unpaired) electrons. The Morgan fingerprint density at radius 3 is 2.41 bits per heavy atom. The number of hydrogen-bond acceptors (Lipinski definition) is 4. The van der Waals surface area contributed by atoms with E-state index in [1.165, 1.54) is 6.20 Å². The molecule has 1 N–H and O–H groups in total. The summed E-state index contributed by atoms with van der Waals surface area (Å²) in [7, 11) is 0. The van der Waals surface area contributed by atoms with Gasteiger partial charge in [0.05, 0.1) is 6.54 Å². The van der Waals surface area contributed by atoms with Gasteiger partial charge in [-0.05, 0) is 37.1 Å². The number of amides is 2. The summed E-state index contributed by atoms with van der Waals surface area (Å²) in [6.45, 7) is 6.76. The molecule has 0 spiro atoms. The number of nitrogens with one attached hydrogen (secondary N) is 1. The third-order valence-electron chi connectivity index (χ3n) is 4.75. The molecule has 1 fully saturated rings. The van der Waals surface area contributed by atoms with Gasteiger partial charge in [-0.1, -0.05) is 29.8 Å². The highest BCUT2D eigenvalue weighted by atomic mass is 35.5. The van der Waals surface area contributed by atoms with Crippen LogP contribution in [0.5, 0.6) is 0 Å². The van der Waals surface area contributed by atoms with Gasteiger partial charge >= 0.3 is 0 Å². The Bertz CT molecular complexity index is 827. The summed E-state index contributed by atoms with van der Waals surface area (Å²) < 4.78 is 0. The first kappa shape index (κ1) is 19.3. The van der Waals surface area contributed by atoms with Crippen LogP contribution in [0.1, 0.15) is 21.5 Å². The first-order valence-corrected chi connectivity index (χ1v) is 9.31. The predicted octanol–water partition coefficient (Wildman–Crippen LogP) is 2.75. The fourth-order valence-corrected chi connectivity index (χ4v) is 3.39. The number of carbonyl (C=O) groups is 2. The zero-order valence-corrected chi connectivity index (χ0v) is 16.3. The van der Waals surface area contributed by atoms with Crippen molar-refractivity contribution in [3.8, 4) is 0 Å². The van der Waals surface area contributed by atoms with E-state index in [0.29, 0.717) is 43.4 Å². The molecule has 1 aliphatic rings. The van der Waals surface area contributed by atoms with E-state index in [1.807, 2.05) is 32.0 Å². The normalized spacial score (nSPS) is 14.9. The first-order valence-electron chi connectivity index (χ1n) is 8.93. The third-order valence-corrected chi connectivity index (χ3v) is 4.95. The van der Waals surface area contributed by atoms with Gasteiger partial charge in [0.2, 0.25) is 5.91 Å². The van der Waals surface area contributed by atoms with E-state index in [9.17, 15) is 9.59 Å². The molecule has 2 heterocycles. The topological polar surface area (TPSA) is 65.5 Å². The molecule has 1 aromatic carbocycles. The number of carbonyl (C=O) groups excluding carboxylic acids is 2. The number of rotatable bonds is 4. The monoisotopic (exact) mass is 386 g/mol. The highest BCUT2D eigenvalue weighted by Crippen LogP contribution is 2.19. The maximum Gasteiger partial charge on any atom is 0.254 e. The lowest BCUT2D eigenvalue weighted by Gasteiger charge is -2.34. The van der Waals surface area contributed by atoms with Gasteiger partial charge in [0.1, 0.15) is 5.15 Å². The molecule has 6 nitrogen and oxygen atoms in total. The van der Waals surface area contributed by atoms with Crippen molar-refractivity contribution < 1.29 is 9.59 Å². The summed E-state index contributed by atoms with van der Waals surface area (Å²) >= 11 is 5.86. The Balaban J connectivity index is 1.52. The molecular weight excluding hydrogens is 364 g/mol. The van der Waals surface area contributed by atoms with Crippen molar-refractivity contribution in [2.75, 3.05) is 38.0 Å². The predicted molar refractivity (Wildman–Crippen MR) is 106 cm³/mol. The number of benzene rings is 1. The van der Waals surface area contributed by atoms with Gasteiger partial charge in [-0.3, -0.25) is 14.5 Å². The van der Waals surface area contributed by atoms with Crippen molar-refractivity contribution in [1.82, 2.24) is 14.8 Å². The van der Waals surface area contributed by atoms with Crippen LogP contribution in [0.2, 0.25) is 5.15 Å². The van der Waals surface area contributed by atoms with E-state index < -0.39 is 0 Å². The summed E-state index contributed by atoms with van der Waals surface area (Å²) in [5.41, 5.74) is 3.52. The number of piperazine rings is 1. The Morgan fingerprint density at radius 1 is 1.11 bits per heavy atom. The molecule has 1 aromatic heterocycles. The lowest BCUT2D eigenvalue weighted by Crippen LogP contribution is -2.50. The lowest BCUT2D eigenvalue weighted by molar-refractivity contribution is -0.117. The molecule has 142 valence electrons. The number of nitrogens with zero attached hydrogens (tertiary/aromatic N) is 3. The summed E-state index contributed by atoms with van der Waals surface area (Å²) in [6.07, 6.45) is 1.53. The second-order valence-electron chi connectivity index (χ2n) is 6.75. The quantitative estimate of drug-likeness (QED) is 0.820. The largest absolute Gasteiger partial charge is 0.336 e. The zero-order valence-electron chi connectivity index (χ0n) is 15.5. The Labute approximate surface area is 164 Å². The highest BCUT2D eigenvalue weighted by molar-refractivity contribution is 6.29. The molecule has 0 saturated carbocycles. The molecular formula is C20H23ClN4O2. The van der Waals surface area contributed by atoms with Crippen molar-refractivity contribution in [2.45, 2.75) is 13.8 Å². The number of hydrogen-bond donors (Lipinski definition) is 1. The molecule has 1 saturated heterocycles. The van der Waals surface area contributed by atoms with Gasteiger partial charge in [-0.2, -0.15) is 0 Å². The molecule has 2 amide bonds. The van der Waals surface area contributed by atoms with E-state index >= 15 is 0 Å². The minimum Gasteiger partial charge on any atom is -0.336 e. The molecule has 3 rings (SSSR count). The lowest BCUT2D eigenvalue weighted by atomic mass is 10.1. The van der Waals surface area contributed by atoms with Crippen molar-refractivity contribution in [1.29, 1.82) is 0 Å². The fourth-order valence-electron chi connectivity index (χ4n) is 3.22. The van der Waals surface area contributed by atoms with Crippen molar-refractivity contribution >= 4 is 29.1 Å². The van der Waals surface area contributed by atoms with Gasteiger partial charge in [-0.15, -0.1) is 0 Å². The van der Waals surface area contributed by atoms with Crippen LogP contribution in [0, 0.1) is 13.8 Å². The molecule has 0 bridgehead atoms. The average molecular weight is 387 g/mol. The Morgan fingerprint density at radius 2 is 1.78 bits per heavy atom. The van der Waals surface area contributed by atoms with Gasteiger partial charge in [0.25, 0.3) is 5.91 Å². The van der Waals surface area contributed by atoms with Gasteiger partial charge in [0.15, 0.2) is 0 Å². The number of anilines is 1. The molecule has 27 heavy (non-hydrogen) atoms. The van der Waals surface area contributed by atoms with Crippen LogP contribution >= 0.6 is 11.6 Å². The molecule has 2 aromatic rings. The van der Waals surface area contributed by atoms with Crippen LogP contribution in [0.4, 0.5) is 5.69 Å². The maximum absolute atomic E-state index is 12.5. The molecule has 0 aliphatic carbocycles. The summed E-state index contributed by atoms with van der Waals surface area (Å²) in [5.74, 6) is -0.0907. The van der Waals surface area contributed by atoms with Crippen LogP contribution in [0.3, 0.4) is 0 Å². The summed E-state index contributed by atoms with van der Waals surface area (Å²) in [5, 5.41) is 3.32. The maximum atomic E-state index is 12.5. The Kier molecular flexibility index (Phi) is 6.08. The molecule has 0 unspecified atom stereocenters. The molecule has 1 aliphatic heterocycles. The SMILES string of the molecule is Cc1cccc(C)c1NC(=O)CN1CCN(C(=O)c2ccnc(Cl)c2)CC1. The van der Waals surface area contributed by atoms with Crippen LogP contribution < -0.4 is 5.32 Å². The fraction of sp³-hybridized carbons (Fsp3) is 0.350. The number of aromatic nitrogens is 1. The van der Waals surface area contributed by atoms with E-state index in [0.717, 1.165) is 16.8 Å². The second kappa shape index (κ2) is 8.50. The minimum atomic E-state index is -0.0565. The number of pyridine rings is 1. The first-order chi connectivity index (χ1) is 12.9. The van der Waals surface area contributed by atoms with Crippen LogP contribution in [-0.4, -0.2) is 59.3 Å². The van der Waals surface area contributed by atoms with E-state index in [4.69, 9.17) is 11.6 Å². The van der Waals surface area contributed by atoms with Crippen LogP contribution in [-0.2, 0) is 4.79 Å². The average Bonchev–Trinajstić information content (AvgIpc) is 2.65. The van der Waals surface area contributed by atoms with Gasteiger partial charge in [0, 0.05) is 43.6 Å². The zero-order chi connectivity index (χ0) is 19.4. The van der Waals surface area contributed by atoms with Crippen LogP contribution in [0.15, 0.2) is 36.5 Å². The number of aryl methyl sites for hydroxylation is 2. The number of halogens is 1. The summed E-state index contributed by atoms with van der Waals surface area (Å²) in [6, 6.07) is 9.19. The van der Waals surface area contributed by atoms with Crippen molar-refractivity contribution in [2.24, 2.45) is 0 Å². The molecule has 7 heteroatoms. The Hall–Kier alpha value is -2.44. The summed E-state index contributed by atoms with van der Waals surface area (Å²) in [4.78, 5) is 32.7. The third kappa shape index (κ3) is 4.84. The van der Waals surface area contributed by atoms with Gasteiger partial charge in [-0.25, -0.2) is 4.98 Å².